The Labute approximate surface area is 215 Å². The smallest absolute Gasteiger partial charge is 0.241 e. The van der Waals surface area contributed by atoms with E-state index in [0.717, 1.165) is 37.1 Å². The minimum atomic E-state index is -0.102. The first kappa shape index (κ1) is 24.0. The van der Waals surface area contributed by atoms with E-state index in [4.69, 9.17) is 20.9 Å². The number of anilines is 1. The molecule has 0 bridgehead atoms. The minimum Gasteiger partial charge on any atom is -0.455 e. The molecule has 4 aromatic rings. The third-order valence-corrected chi connectivity index (χ3v) is 6.47. The van der Waals surface area contributed by atoms with Crippen molar-refractivity contribution in [3.63, 3.8) is 0 Å². The second-order valence-corrected chi connectivity index (χ2v) is 9.41. The zero-order valence-corrected chi connectivity index (χ0v) is 20.7. The number of nitrogens with zero attached hydrogens (tertiary/aromatic N) is 3. The van der Waals surface area contributed by atoms with E-state index < -0.39 is 0 Å². The van der Waals surface area contributed by atoms with Gasteiger partial charge in [0.25, 0.3) is 0 Å². The highest BCUT2D eigenvalue weighted by molar-refractivity contribution is 6.31. The molecule has 2 heterocycles. The van der Waals surface area contributed by atoms with Gasteiger partial charge in [0.1, 0.15) is 5.75 Å². The number of para-hydroxylation sites is 1. The van der Waals surface area contributed by atoms with E-state index in [1.807, 2.05) is 61.5 Å². The van der Waals surface area contributed by atoms with Crippen molar-refractivity contribution in [2.45, 2.75) is 26.3 Å². The Morgan fingerprint density at radius 3 is 2.67 bits per heavy atom. The second-order valence-electron chi connectivity index (χ2n) is 8.98. The summed E-state index contributed by atoms with van der Waals surface area (Å²) in [5, 5.41) is 7.69. The summed E-state index contributed by atoms with van der Waals surface area (Å²) < 4.78 is 11.5. The van der Waals surface area contributed by atoms with Gasteiger partial charge in [-0.3, -0.25) is 9.69 Å². The van der Waals surface area contributed by atoms with Crippen LogP contribution in [0.25, 0.3) is 11.4 Å². The fraction of sp³-hybridized carbons (Fsp3) is 0.250. The van der Waals surface area contributed by atoms with Crippen LogP contribution < -0.4 is 10.1 Å². The number of aryl methyl sites for hydroxylation is 1. The van der Waals surface area contributed by atoms with Crippen molar-refractivity contribution in [3.05, 3.63) is 89.3 Å². The summed E-state index contributed by atoms with van der Waals surface area (Å²) in [4.78, 5) is 19.9. The number of hydrogen-bond donors (Lipinski definition) is 1. The van der Waals surface area contributed by atoms with Crippen LogP contribution >= 0.6 is 11.6 Å². The number of aromatic nitrogens is 2. The molecular formula is C28H27ClN4O3. The molecule has 36 heavy (non-hydrogen) atoms. The monoisotopic (exact) mass is 502 g/mol. The average molecular weight is 503 g/mol. The van der Waals surface area contributed by atoms with Gasteiger partial charge in [-0.05, 0) is 69.3 Å². The zero-order valence-electron chi connectivity index (χ0n) is 20.0. The number of likely N-dealkylation sites (tertiary alicyclic amines) is 1. The topological polar surface area (TPSA) is 80.5 Å². The van der Waals surface area contributed by atoms with Gasteiger partial charge in [0.15, 0.2) is 5.75 Å². The minimum absolute atomic E-state index is 0.0330. The maximum absolute atomic E-state index is 13.1. The Hall–Kier alpha value is -3.68. The number of nitrogens with one attached hydrogen (secondary N) is 1. The molecule has 1 aliphatic rings. The summed E-state index contributed by atoms with van der Waals surface area (Å²) in [5.41, 5.74) is 2.65. The largest absolute Gasteiger partial charge is 0.455 e. The number of carbonyl (C=O) groups is 1. The van der Waals surface area contributed by atoms with Gasteiger partial charge in [-0.15, -0.1) is 0 Å². The lowest BCUT2D eigenvalue weighted by atomic mass is 9.96. The highest BCUT2D eigenvalue weighted by Gasteiger charge is 2.27. The van der Waals surface area contributed by atoms with Gasteiger partial charge in [0, 0.05) is 16.5 Å². The maximum atomic E-state index is 13.1. The van der Waals surface area contributed by atoms with Crippen molar-refractivity contribution in [1.29, 1.82) is 0 Å². The SMILES string of the molecule is Cc1cccc(-c2noc(CN3CCC(C(=O)Nc4cc(Cl)ccc4Oc4ccccc4)CC3)n2)c1. The Kier molecular flexibility index (Phi) is 7.30. The van der Waals surface area contributed by atoms with E-state index in [-0.39, 0.29) is 11.8 Å². The quantitative estimate of drug-likeness (QED) is 0.317. The van der Waals surface area contributed by atoms with Crippen LogP contribution in [-0.4, -0.2) is 34.0 Å². The third-order valence-electron chi connectivity index (χ3n) is 6.23. The van der Waals surface area contributed by atoms with Crippen molar-refractivity contribution in [2.24, 2.45) is 5.92 Å². The normalized spacial score (nSPS) is 14.5. The second kappa shape index (κ2) is 10.9. The van der Waals surface area contributed by atoms with Crippen molar-refractivity contribution >= 4 is 23.2 Å². The van der Waals surface area contributed by atoms with Crippen molar-refractivity contribution in [1.82, 2.24) is 15.0 Å². The summed E-state index contributed by atoms with van der Waals surface area (Å²) in [6.45, 7) is 4.14. The van der Waals surface area contributed by atoms with Crippen LogP contribution in [-0.2, 0) is 11.3 Å². The Morgan fingerprint density at radius 1 is 1.08 bits per heavy atom. The van der Waals surface area contributed by atoms with Crippen LogP contribution in [0.1, 0.15) is 24.3 Å². The lowest BCUT2D eigenvalue weighted by Crippen LogP contribution is -2.37. The van der Waals surface area contributed by atoms with Gasteiger partial charge in [0.05, 0.1) is 12.2 Å². The summed E-state index contributed by atoms with van der Waals surface area (Å²) in [7, 11) is 0. The molecule has 1 aromatic heterocycles. The molecule has 0 radical (unpaired) electrons. The first-order chi connectivity index (χ1) is 17.5. The van der Waals surface area contributed by atoms with E-state index in [0.29, 0.717) is 40.5 Å². The van der Waals surface area contributed by atoms with Crippen LogP contribution in [0.3, 0.4) is 0 Å². The molecule has 184 valence electrons. The molecule has 0 atom stereocenters. The average Bonchev–Trinajstić information content (AvgIpc) is 3.35. The fourth-order valence-corrected chi connectivity index (χ4v) is 4.48. The van der Waals surface area contributed by atoms with E-state index in [9.17, 15) is 4.79 Å². The number of piperidine rings is 1. The zero-order chi connectivity index (χ0) is 24.9. The Bertz CT molecular complexity index is 1330. The summed E-state index contributed by atoms with van der Waals surface area (Å²) in [6, 6.07) is 22.7. The van der Waals surface area contributed by atoms with Crippen LogP contribution in [0.4, 0.5) is 5.69 Å². The molecule has 0 aliphatic carbocycles. The predicted molar refractivity (Wildman–Crippen MR) is 139 cm³/mol. The molecular weight excluding hydrogens is 476 g/mol. The van der Waals surface area contributed by atoms with Gasteiger partial charge in [0.2, 0.25) is 17.6 Å². The Morgan fingerprint density at radius 2 is 1.89 bits per heavy atom. The van der Waals surface area contributed by atoms with E-state index in [1.54, 1.807) is 18.2 Å². The van der Waals surface area contributed by atoms with Gasteiger partial charge < -0.3 is 14.6 Å². The molecule has 1 amide bonds. The lowest BCUT2D eigenvalue weighted by molar-refractivity contribution is -0.121. The first-order valence-corrected chi connectivity index (χ1v) is 12.4. The van der Waals surface area contributed by atoms with Gasteiger partial charge in [-0.2, -0.15) is 4.98 Å². The summed E-state index contributed by atoms with van der Waals surface area (Å²) in [6.07, 6.45) is 1.47. The van der Waals surface area contributed by atoms with Gasteiger partial charge >= 0.3 is 0 Å². The molecule has 0 saturated carbocycles. The first-order valence-electron chi connectivity index (χ1n) is 12.0. The molecule has 1 saturated heterocycles. The molecule has 7 nitrogen and oxygen atoms in total. The molecule has 3 aromatic carbocycles. The third kappa shape index (κ3) is 5.93. The summed E-state index contributed by atoms with van der Waals surface area (Å²) in [5.74, 6) is 2.28. The number of rotatable bonds is 7. The highest BCUT2D eigenvalue weighted by Crippen LogP contribution is 2.33. The number of halogens is 1. The molecule has 0 spiro atoms. The number of hydrogen-bond acceptors (Lipinski definition) is 6. The molecule has 5 rings (SSSR count). The van der Waals surface area contributed by atoms with E-state index >= 15 is 0 Å². The summed E-state index contributed by atoms with van der Waals surface area (Å²) >= 11 is 6.20. The fourth-order valence-electron chi connectivity index (χ4n) is 4.30. The number of benzene rings is 3. The van der Waals surface area contributed by atoms with Crippen molar-refractivity contribution < 1.29 is 14.1 Å². The van der Waals surface area contributed by atoms with Crippen LogP contribution in [0, 0.1) is 12.8 Å². The molecule has 1 N–H and O–H groups in total. The van der Waals surface area contributed by atoms with Gasteiger partial charge in [-0.25, -0.2) is 0 Å². The van der Waals surface area contributed by atoms with Crippen LogP contribution in [0.15, 0.2) is 77.3 Å². The maximum Gasteiger partial charge on any atom is 0.241 e. The van der Waals surface area contributed by atoms with Crippen molar-refractivity contribution in [2.75, 3.05) is 18.4 Å². The van der Waals surface area contributed by atoms with Crippen LogP contribution in [0.5, 0.6) is 11.5 Å². The molecule has 8 heteroatoms. The molecule has 1 aliphatic heterocycles. The van der Waals surface area contributed by atoms with E-state index in [2.05, 4.69) is 20.4 Å². The predicted octanol–water partition coefficient (Wildman–Crippen LogP) is 6.34. The number of ether oxygens (including phenoxy) is 1. The molecule has 0 unspecified atom stereocenters. The lowest BCUT2D eigenvalue weighted by Gasteiger charge is -2.30. The standard InChI is InChI=1S/C28H27ClN4O3/c1-19-6-5-7-21(16-19)27-31-26(36-32-27)18-33-14-12-20(13-15-33)28(34)30-24-17-22(29)10-11-25(24)35-23-8-3-2-4-9-23/h2-11,16-17,20H,12-15,18H2,1H3,(H,30,34). The number of amides is 1. The van der Waals surface area contributed by atoms with Crippen LogP contribution in [0.2, 0.25) is 5.02 Å². The van der Waals surface area contributed by atoms with E-state index in [1.165, 1.54) is 0 Å². The number of carbonyl (C=O) groups excluding carboxylic acids is 1. The molecule has 1 fully saturated rings. The van der Waals surface area contributed by atoms with Crippen molar-refractivity contribution in [3.8, 4) is 22.9 Å². The van der Waals surface area contributed by atoms with Gasteiger partial charge in [-0.1, -0.05) is 58.7 Å². The highest BCUT2D eigenvalue weighted by atomic mass is 35.5. The Balaban J connectivity index is 1.17.